The molecule has 0 heterocycles. The fourth-order valence-electron chi connectivity index (χ4n) is 1.76. The Balaban J connectivity index is 2.37. The minimum atomic E-state index is -0.567. The zero-order valence-corrected chi connectivity index (χ0v) is 11.4. The van der Waals surface area contributed by atoms with E-state index in [1.54, 1.807) is 6.29 Å². The Morgan fingerprint density at radius 3 is 2.63 bits per heavy atom. The molecule has 0 spiro atoms. The Hall–Kier alpha value is -1.84. The quantitative estimate of drug-likeness (QED) is 0.768. The first-order valence-electron chi connectivity index (χ1n) is 6.39. The van der Waals surface area contributed by atoms with Crippen LogP contribution in [0.4, 0.5) is 4.79 Å². The van der Waals surface area contributed by atoms with Gasteiger partial charge in [0.05, 0.1) is 0 Å². The lowest BCUT2D eigenvalue weighted by atomic mass is 9.98. The van der Waals surface area contributed by atoms with E-state index in [1.807, 2.05) is 44.2 Å². The maximum absolute atomic E-state index is 11.6. The third-order valence-electron chi connectivity index (χ3n) is 2.57. The van der Waals surface area contributed by atoms with Crippen molar-refractivity contribution in [2.45, 2.75) is 38.7 Å². The summed E-state index contributed by atoms with van der Waals surface area (Å²) >= 11 is 0. The first-order valence-corrected chi connectivity index (χ1v) is 6.39. The van der Waals surface area contributed by atoms with Gasteiger partial charge < -0.3 is 10.1 Å². The van der Waals surface area contributed by atoms with Gasteiger partial charge >= 0.3 is 6.09 Å². The normalized spacial score (nSPS) is 10.8. The molecule has 4 nitrogen and oxygen atoms in total. The van der Waals surface area contributed by atoms with Crippen molar-refractivity contribution in [2.75, 3.05) is 6.54 Å². The van der Waals surface area contributed by atoms with E-state index < -0.39 is 11.7 Å². The topological polar surface area (TPSA) is 55.4 Å². The van der Waals surface area contributed by atoms with Crippen molar-refractivity contribution >= 4 is 12.4 Å². The largest absolute Gasteiger partial charge is 0.443 e. The summed E-state index contributed by atoms with van der Waals surface area (Å²) < 4.78 is 5.37. The first kappa shape index (κ1) is 15.2. The fourth-order valence-corrected chi connectivity index (χ4v) is 1.76. The van der Waals surface area contributed by atoms with E-state index in [0.29, 0.717) is 25.8 Å². The number of amides is 1. The number of carbonyl (C=O) groups is 1. The van der Waals surface area contributed by atoms with E-state index in [-0.39, 0.29) is 0 Å². The average molecular weight is 262 g/mol. The Kier molecular flexibility index (Phi) is 6.06. The third kappa shape index (κ3) is 6.60. The summed E-state index contributed by atoms with van der Waals surface area (Å²) in [6.07, 6.45) is 2.89. The second-order valence-electron chi connectivity index (χ2n) is 4.99. The van der Waals surface area contributed by atoms with Crippen molar-refractivity contribution in [3.05, 3.63) is 35.9 Å². The van der Waals surface area contributed by atoms with Crippen LogP contribution < -0.4 is 5.32 Å². The van der Waals surface area contributed by atoms with Gasteiger partial charge in [-0.2, -0.15) is 0 Å². The van der Waals surface area contributed by atoms with Crippen LogP contribution in [-0.4, -0.2) is 24.5 Å². The molecule has 1 aromatic rings. The standard InChI is InChI=1S/C15H20NO3/c1-15(2,12-13-8-4-3-5-9-13)19-14(18)16-10-6-7-11-17/h3-5,8-9H,6-7,10,12H2,1-2H3,(H,16,18). The number of ether oxygens (including phenoxy) is 1. The molecule has 0 atom stereocenters. The molecular weight excluding hydrogens is 242 g/mol. The van der Waals surface area contributed by atoms with Crippen molar-refractivity contribution < 1.29 is 14.3 Å². The number of benzene rings is 1. The van der Waals surface area contributed by atoms with Crippen LogP contribution in [0.1, 0.15) is 32.3 Å². The van der Waals surface area contributed by atoms with E-state index in [0.717, 1.165) is 5.56 Å². The van der Waals surface area contributed by atoms with E-state index in [2.05, 4.69) is 5.32 Å². The summed E-state index contributed by atoms with van der Waals surface area (Å²) in [4.78, 5) is 21.6. The summed E-state index contributed by atoms with van der Waals surface area (Å²) in [7, 11) is 0. The van der Waals surface area contributed by atoms with E-state index >= 15 is 0 Å². The molecule has 0 unspecified atom stereocenters. The van der Waals surface area contributed by atoms with Crippen molar-refractivity contribution in [1.82, 2.24) is 5.32 Å². The highest BCUT2D eigenvalue weighted by Gasteiger charge is 2.23. The average Bonchev–Trinajstić information content (AvgIpc) is 2.34. The lowest BCUT2D eigenvalue weighted by molar-refractivity contribution is 0.0393. The van der Waals surface area contributed by atoms with Crippen molar-refractivity contribution in [1.29, 1.82) is 0 Å². The highest BCUT2D eigenvalue weighted by atomic mass is 16.6. The van der Waals surface area contributed by atoms with Crippen LogP contribution >= 0.6 is 0 Å². The summed E-state index contributed by atoms with van der Waals surface area (Å²) in [5.74, 6) is 0. The van der Waals surface area contributed by atoms with Gasteiger partial charge in [0.1, 0.15) is 5.60 Å². The Bertz CT molecular complexity index is 401. The van der Waals surface area contributed by atoms with Gasteiger partial charge in [-0.15, -0.1) is 0 Å². The lowest BCUT2D eigenvalue weighted by Crippen LogP contribution is -2.36. The maximum atomic E-state index is 11.6. The number of hydrogen-bond donors (Lipinski definition) is 1. The van der Waals surface area contributed by atoms with Gasteiger partial charge in [0, 0.05) is 19.4 Å². The highest BCUT2D eigenvalue weighted by molar-refractivity contribution is 5.67. The Labute approximate surface area is 114 Å². The van der Waals surface area contributed by atoms with Crippen LogP contribution in [0.3, 0.4) is 0 Å². The van der Waals surface area contributed by atoms with E-state index in [4.69, 9.17) is 4.74 Å². The number of rotatable bonds is 7. The molecule has 1 rings (SSSR count). The third-order valence-corrected chi connectivity index (χ3v) is 2.57. The number of nitrogens with one attached hydrogen (secondary N) is 1. The minimum Gasteiger partial charge on any atom is -0.443 e. The van der Waals surface area contributed by atoms with Gasteiger partial charge in [0.15, 0.2) is 6.29 Å². The number of carbonyl (C=O) groups excluding carboxylic acids is 2. The molecule has 0 saturated heterocycles. The minimum absolute atomic E-state index is 0.327. The molecule has 4 heteroatoms. The number of unbranched alkanes of at least 4 members (excludes halogenated alkanes) is 1. The summed E-state index contributed by atoms with van der Waals surface area (Å²) in [6, 6.07) is 9.88. The monoisotopic (exact) mass is 262 g/mol. The van der Waals surface area contributed by atoms with Crippen LogP contribution in [0.15, 0.2) is 30.3 Å². The van der Waals surface area contributed by atoms with Gasteiger partial charge in [0.2, 0.25) is 0 Å². The zero-order valence-electron chi connectivity index (χ0n) is 11.4. The molecule has 1 radical (unpaired) electrons. The van der Waals surface area contributed by atoms with Crippen LogP contribution in [0.25, 0.3) is 0 Å². The van der Waals surface area contributed by atoms with Crippen LogP contribution in [-0.2, 0) is 16.0 Å². The molecular formula is C15H20NO3. The van der Waals surface area contributed by atoms with Gasteiger partial charge in [-0.3, -0.25) is 4.79 Å². The van der Waals surface area contributed by atoms with Crippen LogP contribution in [0.2, 0.25) is 0 Å². The smallest absolute Gasteiger partial charge is 0.407 e. The predicted molar refractivity (Wildman–Crippen MR) is 73.6 cm³/mol. The molecule has 0 aliphatic carbocycles. The molecule has 0 fully saturated rings. The van der Waals surface area contributed by atoms with E-state index in [9.17, 15) is 9.59 Å². The summed E-state index contributed by atoms with van der Waals surface area (Å²) in [5.41, 5.74) is 0.554. The maximum Gasteiger partial charge on any atom is 0.407 e. The second-order valence-corrected chi connectivity index (χ2v) is 4.99. The van der Waals surface area contributed by atoms with Gasteiger partial charge in [-0.25, -0.2) is 4.79 Å². The van der Waals surface area contributed by atoms with Crippen LogP contribution in [0, 0.1) is 0 Å². The molecule has 0 saturated carbocycles. The van der Waals surface area contributed by atoms with Gasteiger partial charge in [-0.05, 0) is 25.8 Å². The molecule has 0 bridgehead atoms. The van der Waals surface area contributed by atoms with Gasteiger partial charge in [-0.1, -0.05) is 30.3 Å². The van der Waals surface area contributed by atoms with Crippen molar-refractivity contribution in [2.24, 2.45) is 0 Å². The molecule has 0 aliphatic heterocycles. The molecule has 103 valence electrons. The molecule has 1 aromatic carbocycles. The fraction of sp³-hybridized carbons (Fsp3) is 0.467. The van der Waals surface area contributed by atoms with Crippen molar-refractivity contribution in [3.8, 4) is 0 Å². The molecule has 0 aliphatic rings. The number of alkyl carbamates (subject to hydrolysis) is 1. The Morgan fingerprint density at radius 2 is 2.00 bits per heavy atom. The van der Waals surface area contributed by atoms with Gasteiger partial charge in [0.25, 0.3) is 0 Å². The van der Waals surface area contributed by atoms with Crippen LogP contribution in [0.5, 0.6) is 0 Å². The summed E-state index contributed by atoms with van der Waals surface area (Å²) in [5, 5.41) is 2.62. The molecule has 1 N–H and O–H groups in total. The van der Waals surface area contributed by atoms with Crippen molar-refractivity contribution in [3.63, 3.8) is 0 Å². The molecule has 19 heavy (non-hydrogen) atoms. The molecule has 0 aromatic heterocycles. The lowest BCUT2D eigenvalue weighted by Gasteiger charge is -2.25. The zero-order chi connectivity index (χ0) is 14.1. The highest BCUT2D eigenvalue weighted by Crippen LogP contribution is 2.16. The first-order chi connectivity index (χ1) is 9.03. The second kappa shape index (κ2) is 7.56. The number of hydrogen-bond acceptors (Lipinski definition) is 3. The summed E-state index contributed by atoms with van der Waals surface area (Å²) in [6.45, 7) is 4.17. The predicted octanol–water partition coefficient (Wildman–Crippen LogP) is 2.62. The Morgan fingerprint density at radius 1 is 1.32 bits per heavy atom. The SMILES string of the molecule is CC(C)(Cc1ccccc1)OC(=O)NCCC[C]=O. The van der Waals surface area contributed by atoms with E-state index in [1.165, 1.54) is 0 Å². The molecule has 1 amide bonds.